The zero-order valence-electron chi connectivity index (χ0n) is 22.1. The van der Waals surface area contributed by atoms with Crippen LogP contribution in [0.2, 0.25) is 32.2 Å². The number of hydrogen-bond donors (Lipinski definition) is 1. The Morgan fingerprint density at radius 1 is 0.781 bits per heavy atom. The van der Waals surface area contributed by atoms with E-state index in [2.05, 4.69) is 20.0 Å². The lowest BCUT2D eigenvalue weighted by atomic mass is 9.65. The highest BCUT2D eigenvalue weighted by molar-refractivity contribution is 6.84. The number of carboxylic acid groups (broad SMARTS) is 1. The lowest BCUT2D eigenvalue weighted by Crippen LogP contribution is -2.49. The summed E-state index contributed by atoms with van der Waals surface area (Å²) in [5.74, 6) is -1.88. The number of esters is 2. The monoisotopic (exact) mass is 490 g/mol. The van der Waals surface area contributed by atoms with E-state index >= 15 is 0 Å². The summed E-state index contributed by atoms with van der Waals surface area (Å²) in [5, 5.41) is 9.83. The van der Waals surface area contributed by atoms with Crippen LogP contribution < -0.4 is 0 Å². The van der Waals surface area contributed by atoms with Gasteiger partial charge in [0.05, 0.1) is 22.9 Å². The van der Waals surface area contributed by atoms with E-state index in [0.29, 0.717) is 6.42 Å². The number of ether oxygens (including phenoxy) is 2. The van der Waals surface area contributed by atoms with Gasteiger partial charge in [0.15, 0.2) is 8.32 Å². The Balaban J connectivity index is 5.89. The Hall–Kier alpha value is -1.20. The quantitative estimate of drug-likeness (QED) is 0.257. The lowest BCUT2D eigenvalue weighted by molar-refractivity contribution is -0.166. The smallest absolute Gasteiger partial charge is 0.311 e. The van der Waals surface area contributed by atoms with Gasteiger partial charge in [-0.25, -0.2) is 0 Å². The Labute approximate surface area is 196 Å². The van der Waals surface area contributed by atoms with E-state index in [1.165, 1.54) is 0 Å². The van der Waals surface area contributed by atoms with E-state index < -0.39 is 50.8 Å². The lowest BCUT2D eigenvalue weighted by Gasteiger charge is -2.40. The van der Waals surface area contributed by atoms with Crippen LogP contribution in [0.25, 0.3) is 0 Å². The fraction of sp³-hybridized carbons (Fsp3) is 0.870. The predicted molar refractivity (Wildman–Crippen MR) is 131 cm³/mol. The standard InChI is InChI=1S/C23H46O7Si2/c1-12-22(6,18(24)25)16-23(7,15-21(4,5)19(26)28-13-2)20(27)29-17-32(10,11)30-31(8,9)14-3/h12-17H2,1-11H3,(H,24,25). The van der Waals surface area contributed by atoms with Crippen molar-refractivity contribution in [3.05, 3.63) is 0 Å². The van der Waals surface area contributed by atoms with Crippen molar-refractivity contribution < 1.29 is 33.1 Å². The molecule has 0 aromatic carbocycles. The fourth-order valence-electron chi connectivity index (χ4n) is 4.06. The van der Waals surface area contributed by atoms with Crippen molar-refractivity contribution in [2.45, 2.75) is 100.0 Å². The molecule has 0 aliphatic rings. The Kier molecular flexibility index (Phi) is 10.9. The second-order valence-corrected chi connectivity index (χ2v) is 20.1. The normalized spacial score (nSPS) is 16.6. The second-order valence-electron chi connectivity index (χ2n) is 11.3. The molecule has 0 rings (SSSR count). The summed E-state index contributed by atoms with van der Waals surface area (Å²) in [6, 6.07) is 0.969. The maximum atomic E-state index is 13.4. The van der Waals surface area contributed by atoms with Crippen molar-refractivity contribution in [2.75, 3.05) is 12.8 Å². The highest BCUT2D eigenvalue weighted by atomic mass is 28.4. The van der Waals surface area contributed by atoms with Gasteiger partial charge in [-0.15, -0.1) is 0 Å². The molecule has 0 aliphatic carbocycles. The molecular formula is C23H46O7Si2. The van der Waals surface area contributed by atoms with Crippen LogP contribution >= 0.6 is 0 Å². The molecule has 188 valence electrons. The molecule has 0 aliphatic heterocycles. The van der Waals surface area contributed by atoms with Gasteiger partial charge in [0.1, 0.15) is 6.23 Å². The molecule has 0 radical (unpaired) electrons. The average molecular weight is 491 g/mol. The Morgan fingerprint density at radius 3 is 1.72 bits per heavy atom. The zero-order chi connectivity index (χ0) is 25.6. The summed E-state index contributed by atoms with van der Waals surface area (Å²) < 4.78 is 17.4. The molecule has 0 saturated heterocycles. The van der Waals surface area contributed by atoms with E-state index in [1.54, 1.807) is 41.5 Å². The molecule has 2 atom stereocenters. The first-order valence-corrected chi connectivity index (χ1v) is 17.8. The van der Waals surface area contributed by atoms with Crippen LogP contribution in [-0.2, 0) is 28.0 Å². The van der Waals surface area contributed by atoms with Gasteiger partial charge in [-0.05, 0) is 86.1 Å². The van der Waals surface area contributed by atoms with Crippen molar-refractivity contribution in [2.24, 2.45) is 16.2 Å². The molecule has 32 heavy (non-hydrogen) atoms. The van der Waals surface area contributed by atoms with E-state index in [1.807, 2.05) is 13.1 Å². The first-order chi connectivity index (χ1) is 14.3. The minimum Gasteiger partial charge on any atom is -0.481 e. The summed E-state index contributed by atoms with van der Waals surface area (Å²) in [4.78, 5) is 38.0. The van der Waals surface area contributed by atoms with Crippen LogP contribution in [0.3, 0.4) is 0 Å². The SMILES string of the molecule is CCOC(=O)C(C)(C)CC(C)(CC(C)(CC)C(=O)O)C(=O)OC[Si](C)(C)O[Si](C)(C)CC. The number of carbonyl (C=O) groups is 3. The van der Waals surface area contributed by atoms with Gasteiger partial charge in [-0.3, -0.25) is 14.4 Å². The summed E-state index contributed by atoms with van der Waals surface area (Å²) in [5.41, 5.74) is -3.28. The molecule has 0 fully saturated rings. The summed E-state index contributed by atoms with van der Waals surface area (Å²) in [7, 11) is -4.09. The minimum atomic E-state index is -2.27. The maximum absolute atomic E-state index is 13.4. The van der Waals surface area contributed by atoms with Crippen molar-refractivity contribution in [3.63, 3.8) is 0 Å². The van der Waals surface area contributed by atoms with Gasteiger partial charge < -0.3 is 18.7 Å². The van der Waals surface area contributed by atoms with Crippen molar-refractivity contribution in [1.29, 1.82) is 0 Å². The van der Waals surface area contributed by atoms with E-state index in [-0.39, 0.29) is 25.7 Å². The van der Waals surface area contributed by atoms with E-state index in [9.17, 15) is 19.5 Å². The number of aliphatic carboxylic acids is 1. The molecule has 0 aromatic heterocycles. The summed E-state index contributed by atoms with van der Waals surface area (Å²) >= 11 is 0. The van der Waals surface area contributed by atoms with Crippen LogP contribution in [0.1, 0.15) is 67.7 Å². The zero-order valence-corrected chi connectivity index (χ0v) is 24.1. The highest BCUT2D eigenvalue weighted by Gasteiger charge is 2.50. The average Bonchev–Trinajstić information content (AvgIpc) is 2.64. The van der Waals surface area contributed by atoms with Crippen molar-refractivity contribution in [1.82, 2.24) is 0 Å². The van der Waals surface area contributed by atoms with Crippen LogP contribution in [0, 0.1) is 16.2 Å². The molecule has 1 N–H and O–H groups in total. The van der Waals surface area contributed by atoms with Gasteiger partial charge in [-0.2, -0.15) is 0 Å². The van der Waals surface area contributed by atoms with E-state index in [4.69, 9.17) is 13.6 Å². The Morgan fingerprint density at radius 2 is 1.31 bits per heavy atom. The van der Waals surface area contributed by atoms with Crippen molar-refractivity contribution >= 4 is 34.5 Å². The number of carboxylic acids is 1. The fourth-order valence-corrected chi connectivity index (χ4v) is 11.3. The van der Waals surface area contributed by atoms with Gasteiger partial charge in [0, 0.05) is 0 Å². The van der Waals surface area contributed by atoms with E-state index in [0.717, 1.165) is 6.04 Å². The summed E-state index contributed by atoms with van der Waals surface area (Å²) in [6.07, 6.45) is 0.725. The molecule has 2 unspecified atom stereocenters. The topological polar surface area (TPSA) is 99.1 Å². The number of carbonyl (C=O) groups excluding carboxylic acids is 2. The Bertz CT molecular complexity index is 675. The first kappa shape index (κ1) is 30.8. The van der Waals surface area contributed by atoms with Gasteiger partial charge in [0.25, 0.3) is 0 Å². The molecule has 7 nitrogen and oxygen atoms in total. The molecule has 0 bridgehead atoms. The van der Waals surface area contributed by atoms with Crippen molar-refractivity contribution in [3.8, 4) is 0 Å². The van der Waals surface area contributed by atoms with Crippen LogP contribution in [0.15, 0.2) is 0 Å². The minimum absolute atomic E-state index is 0.0611. The molecule has 0 spiro atoms. The third-order valence-corrected chi connectivity index (χ3v) is 13.1. The molecule has 0 heterocycles. The molecular weight excluding hydrogens is 444 g/mol. The predicted octanol–water partition coefficient (Wildman–Crippen LogP) is 5.39. The molecule has 9 heteroatoms. The third-order valence-electron chi connectivity index (χ3n) is 6.18. The van der Waals surface area contributed by atoms with Gasteiger partial charge in [-0.1, -0.05) is 13.8 Å². The van der Waals surface area contributed by atoms with Gasteiger partial charge >= 0.3 is 17.9 Å². The summed E-state index contributed by atoms with van der Waals surface area (Å²) in [6.45, 7) is 21.0. The van der Waals surface area contributed by atoms with Crippen LogP contribution in [0.4, 0.5) is 0 Å². The molecule has 0 aromatic rings. The molecule has 0 saturated carbocycles. The highest BCUT2D eigenvalue weighted by Crippen LogP contribution is 2.45. The van der Waals surface area contributed by atoms with Gasteiger partial charge in [0.2, 0.25) is 8.32 Å². The van der Waals surface area contributed by atoms with Crippen LogP contribution in [-0.4, -0.2) is 52.5 Å². The third kappa shape index (κ3) is 8.98. The number of rotatable bonds is 14. The van der Waals surface area contributed by atoms with Crippen LogP contribution in [0.5, 0.6) is 0 Å². The largest absolute Gasteiger partial charge is 0.481 e. The first-order valence-electron chi connectivity index (χ1n) is 11.6. The number of hydrogen-bond acceptors (Lipinski definition) is 6. The maximum Gasteiger partial charge on any atom is 0.311 e. The second kappa shape index (κ2) is 11.3. The molecule has 0 amide bonds.